The van der Waals surface area contributed by atoms with Crippen molar-refractivity contribution in [2.45, 2.75) is 64.3 Å². The van der Waals surface area contributed by atoms with Crippen LogP contribution in [-0.2, 0) is 4.79 Å². The highest BCUT2D eigenvalue weighted by Gasteiger charge is 2.40. The van der Waals surface area contributed by atoms with Gasteiger partial charge in [0.2, 0.25) is 0 Å². The lowest BCUT2D eigenvalue weighted by Gasteiger charge is -2.27. The van der Waals surface area contributed by atoms with Gasteiger partial charge in [-0.25, -0.2) is 9.59 Å². The van der Waals surface area contributed by atoms with Crippen LogP contribution in [0.4, 0.5) is 4.79 Å². The van der Waals surface area contributed by atoms with Gasteiger partial charge in [-0.1, -0.05) is 40.0 Å². The molecule has 1 fully saturated rings. The molecule has 0 aliphatic carbocycles. The van der Waals surface area contributed by atoms with Gasteiger partial charge in [0.15, 0.2) is 0 Å². The molecule has 0 aromatic heterocycles. The van der Waals surface area contributed by atoms with Crippen LogP contribution in [0.25, 0.3) is 0 Å². The van der Waals surface area contributed by atoms with Crippen LogP contribution in [0.5, 0.6) is 0 Å². The van der Waals surface area contributed by atoms with Crippen molar-refractivity contribution in [3.05, 3.63) is 0 Å². The Bertz CT molecular complexity index is 352. The number of carbonyl (C=O) groups is 2. The molecule has 3 atom stereocenters. The van der Waals surface area contributed by atoms with Crippen LogP contribution in [-0.4, -0.2) is 45.7 Å². The Labute approximate surface area is 131 Å². The van der Waals surface area contributed by atoms with Crippen LogP contribution < -0.4 is 5.32 Å². The lowest BCUT2D eigenvalue weighted by Crippen LogP contribution is -2.50. The van der Waals surface area contributed by atoms with Crippen molar-refractivity contribution in [1.29, 1.82) is 0 Å². The molecule has 2 amide bonds. The summed E-state index contributed by atoms with van der Waals surface area (Å²) in [6.07, 6.45) is 5.25. The summed E-state index contributed by atoms with van der Waals surface area (Å²) in [6.45, 7) is 6.92. The third-order valence-corrected chi connectivity index (χ3v) is 5.50. The molecule has 0 spiro atoms. The number of hydrogen-bond acceptors (Lipinski definition) is 3. The van der Waals surface area contributed by atoms with E-state index in [0.29, 0.717) is 18.2 Å². The molecule has 0 aromatic carbocycles. The highest BCUT2D eigenvalue weighted by atomic mass is 32.2. The normalized spacial score (nSPS) is 23.1. The topological polar surface area (TPSA) is 69.6 Å². The molecule has 1 heterocycles. The summed E-state index contributed by atoms with van der Waals surface area (Å²) in [4.78, 5) is 25.2. The van der Waals surface area contributed by atoms with Gasteiger partial charge in [0, 0.05) is 12.3 Å². The molecule has 5 nitrogen and oxygen atoms in total. The molecule has 122 valence electrons. The minimum Gasteiger partial charge on any atom is -0.480 e. The first kappa shape index (κ1) is 18.1. The molecule has 1 rings (SSSR count). The summed E-state index contributed by atoms with van der Waals surface area (Å²) in [5.41, 5.74) is 0. The number of rotatable bonds is 8. The Morgan fingerprint density at radius 2 is 2.10 bits per heavy atom. The van der Waals surface area contributed by atoms with Crippen molar-refractivity contribution in [1.82, 2.24) is 10.2 Å². The lowest BCUT2D eigenvalue weighted by molar-refractivity contribution is -0.141. The summed E-state index contributed by atoms with van der Waals surface area (Å²) in [7, 11) is 0. The molecular weight excluding hydrogens is 288 g/mol. The highest BCUT2D eigenvalue weighted by molar-refractivity contribution is 8.00. The summed E-state index contributed by atoms with van der Waals surface area (Å²) in [5, 5.41) is 12.2. The quantitative estimate of drug-likeness (QED) is 0.722. The third-order valence-electron chi connectivity index (χ3n) is 4.05. The van der Waals surface area contributed by atoms with E-state index in [1.807, 2.05) is 6.92 Å². The molecule has 3 unspecified atom stereocenters. The van der Waals surface area contributed by atoms with Crippen LogP contribution in [0.1, 0.15) is 52.9 Å². The monoisotopic (exact) mass is 316 g/mol. The van der Waals surface area contributed by atoms with E-state index in [1.54, 1.807) is 11.8 Å². The second-order valence-electron chi connectivity index (χ2n) is 5.56. The largest absolute Gasteiger partial charge is 0.480 e. The fourth-order valence-electron chi connectivity index (χ4n) is 2.61. The van der Waals surface area contributed by atoms with Gasteiger partial charge in [0.25, 0.3) is 0 Å². The average Bonchev–Trinajstić information content (AvgIpc) is 2.91. The molecule has 1 aliphatic rings. The molecular formula is C15H28N2O3S. The number of hydrogen-bond donors (Lipinski definition) is 2. The number of carboxylic acids is 1. The zero-order valence-electron chi connectivity index (χ0n) is 13.3. The zero-order chi connectivity index (χ0) is 15.8. The number of unbranched alkanes of at least 4 members (excludes halogenated alkanes) is 1. The maximum atomic E-state index is 12.4. The molecule has 2 N–H and O–H groups in total. The van der Waals surface area contributed by atoms with E-state index in [9.17, 15) is 14.7 Å². The van der Waals surface area contributed by atoms with Crippen molar-refractivity contribution in [2.24, 2.45) is 5.92 Å². The van der Waals surface area contributed by atoms with Crippen molar-refractivity contribution in [3.63, 3.8) is 0 Å². The zero-order valence-corrected chi connectivity index (χ0v) is 14.1. The van der Waals surface area contributed by atoms with E-state index in [0.717, 1.165) is 25.7 Å². The predicted octanol–water partition coefficient (Wildman–Crippen LogP) is 3.15. The minimum absolute atomic E-state index is 0.0261. The van der Waals surface area contributed by atoms with Gasteiger partial charge in [-0.05, 0) is 18.8 Å². The second kappa shape index (κ2) is 9.18. The van der Waals surface area contributed by atoms with Crippen LogP contribution in [0.2, 0.25) is 0 Å². The van der Waals surface area contributed by atoms with Gasteiger partial charge in [-0.15, -0.1) is 11.8 Å². The Balaban J connectivity index is 2.56. The Hall–Kier alpha value is -0.910. The molecule has 0 saturated carbocycles. The number of amides is 2. The second-order valence-corrected chi connectivity index (χ2v) is 6.77. The van der Waals surface area contributed by atoms with Crippen molar-refractivity contribution >= 4 is 23.8 Å². The molecule has 1 saturated heterocycles. The smallest absolute Gasteiger partial charge is 0.327 e. The average molecular weight is 316 g/mol. The number of carbonyl (C=O) groups excluding carboxylic acids is 1. The summed E-state index contributed by atoms with van der Waals surface area (Å²) in [5.74, 6) is 0.0491. The van der Waals surface area contributed by atoms with Gasteiger partial charge in [0.05, 0.1) is 5.37 Å². The van der Waals surface area contributed by atoms with Crippen LogP contribution in [0, 0.1) is 5.92 Å². The molecule has 0 aromatic rings. The van der Waals surface area contributed by atoms with E-state index in [2.05, 4.69) is 19.2 Å². The van der Waals surface area contributed by atoms with Crippen molar-refractivity contribution in [2.75, 3.05) is 12.3 Å². The Morgan fingerprint density at radius 3 is 2.62 bits per heavy atom. The summed E-state index contributed by atoms with van der Waals surface area (Å²) in [6, 6.07) is -0.926. The standard InChI is InChI=1S/C15H28N2O3S/c1-4-7-8-11(5-2)9-16-15(20)17-12(14(18)19)10-21-13(17)6-3/h11-13H,4-10H2,1-3H3,(H,16,20)(H,18,19). The van der Waals surface area contributed by atoms with Gasteiger partial charge in [-0.2, -0.15) is 0 Å². The maximum Gasteiger partial charge on any atom is 0.327 e. The first-order chi connectivity index (χ1) is 10.0. The number of nitrogens with zero attached hydrogens (tertiary/aromatic N) is 1. The van der Waals surface area contributed by atoms with Crippen LogP contribution >= 0.6 is 11.8 Å². The molecule has 1 aliphatic heterocycles. The molecule has 6 heteroatoms. The van der Waals surface area contributed by atoms with Gasteiger partial charge in [0.1, 0.15) is 6.04 Å². The molecule has 21 heavy (non-hydrogen) atoms. The Morgan fingerprint density at radius 1 is 1.38 bits per heavy atom. The van der Waals surface area contributed by atoms with E-state index >= 15 is 0 Å². The number of thioether (sulfide) groups is 1. The van der Waals surface area contributed by atoms with E-state index < -0.39 is 12.0 Å². The summed E-state index contributed by atoms with van der Waals surface area (Å²) < 4.78 is 0. The van der Waals surface area contributed by atoms with E-state index in [4.69, 9.17) is 0 Å². The van der Waals surface area contributed by atoms with Crippen LogP contribution in [0.15, 0.2) is 0 Å². The SMILES string of the molecule is CCCCC(CC)CNC(=O)N1C(CC)SCC1C(=O)O. The first-order valence-corrected chi connectivity index (χ1v) is 9.00. The van der Waals surface area contributed by atoms with Gasteiger partial charge < -0.3 is 10.4 Å². The molecule has 0 bridgehead atoms. The van der Waals surface area contributed by atoms with Crippen LogP contribution in [0.3, 0.4) is 0 Å². The van der Waals surface area contributed by atoms with Gasteiger partial charge >= 0.3 is 12.0 Å². The minimum atomic E-state index is -0.911. The fourth-order valence-corrected chi connectivity index (χ4v) is 3.95. The lowest BCUT2D eigenvalue weighted by atomic mass is 9.99. The first-order valence-electron chi connectivity index (χ1n) is 7.95. The molecule has 0 radical (unpaired) electrons. The maximum absolute atomic E-state index is 12.4. The highest BCUT2D eigenvalue weighted by Crippen LogP contribution is 2.31. The summed E-state index contributed by atoms with van der Waals surface area (Å²) >= 11 is 1.55. The number of carboxylic acid groups (broad SMARTS) is 1. The van der Waals surface area contributed by atoms with Crippen molar-refractivity contribution in [3.8, 4) is 0 Å². The number of aliphatic carboxylic acids is 1. The Kier molecular flexibility index (Phi) is 7.93. The number of nitrogens with one attached hydrogen (secondary N) is 1. The van der Waals surface area contributed by atoms with E-state index in [1.165, 1.54) is 11.3 Å². The fraction of sp³-hybridized carbons (Fsp3) is 0.867. The van der Waals surface area contributed by atoms with Gasteiger partial charge in [-0.3, -0.25) is 4.90 Å². The van der Waals surface area contributed by atoms with E-state index in [-0.39, 0.29) is 11.4 Å². The predicted molar refractivity (Wildman–Crippen MR) is 86.5 cm³/mol. The third kappa shape index (κ3) is 5.09. The van der Waals surface area contributed by atoms with Crippen molar-refractivity contribution < 1.29 is 14.7 Å². The number of urea groups is 1.